The maximum atomic E-state index is 11.1. The third-order valence-corrected chi connectivity index (χ3v) is 4.58. The van der Waals surface area contributed by atoms with Crippen LogP contribution in [0.5, 0.6) is 11.5 Å². The van der Waals surface area contributed by atoms with Gasteiger partial charge in [-0.15, -0.1) is 6.42 Å². The molecular weight excluding hydrogens is 324 g/mol. The van der Waals surface area contributed by atoms with E-state index in [1.54, 1.807) is 24.3 Å². The van der Waals surface area contributed by atoms with Crippen LogP contribution in [0.4, 0.5) is 0 Å². The van der Waals surface area contributed by atoms with Gasteiger partial charge in [0.2, 0.25) is 0 Å². The normalized spacial score (nSPS) is 15.4. The summed E-state index contributed by atoms with van der Waals surface area (Å²) in [6.07, 6.45) is 7.84. The second-order valence-electron chi connectivity index (χ2n) is 6.58. The van der Waals surface area contributed by atoms with Gasteiger partial charge in [0.1, 0.15) is 11.5 Å². The predicted molar refractivity (Wildman–Crippen MR) is 105 cm³/mol. The lowest BCUT2D eigenvalue weighted by Crippen LogP contribution is -2.25. The lowest BCUT2D eigenvalue weighted by molar-refractivity contribution is 0.145. The van der Waals surface area contributed by atoms with E-state index in [9.17, 15) is 5.11 Å². The summed E-state index contributed by atoms with van der Waals surface area (Å²) in [6, 6.07) is 14.6. The minimum Gasteiger partial charge on any atom is -0.491 e. The topological polar surface area (TPSA) is 38.7 Å². The fourth-order valence-electron chi connectivity index (χ4n) is 2.51. The Balaban J connectivity index is 2.23. The summed E-state index contributed by atoms with van der Waals surface area (Å²) in [6.45, 7) is 8.19. The summed E-state index contributed by atoms with van der Waals surface area (Å²) >= 11 is 0. The maximum absolute atomic E-state index is 11.1. The molecule has 2 atom stereocenters. The number of hydrogen-bond acceptors (Lipinski definition) is 3. The number of rotatable bonds is 8. The summed E-state index contributed by atoms with van der Waals surface area (Å²) in [7, 11) is 0. The second-order valence-corrected chi connectivity index (χ2v) is 6.58. The second kappa shape index (κ2) is 8.78. The fourth-order valence-corrected chi connectivity index (χ4v) is 2.51. The molecule has 0 heterocycles. The smallest absolute Gasteiger partial charge is 0.176 e. The highest BCUT2D eigenvalue weighted by Crippen LogP contribution is 2.31. The van der Waals surface area contributed by atoms with Crippen LogP contribution in [0, 0.1) is 12.3 Å². The third kappa shape index (κ3) is 4.59. The van der Waals surface area contributed by atoms with Crippen molar-refractivity contribution in [3.8, 4) is 23.8 Å². The van der Waals surface area contributed by atoms with E-state index in [0.717, 1.165) is 24.3 Å². The van der Waals surface area contributed by atoms with Crippen LogP contribution in [0.2, 0.25) is 0 Å². The van der Waals surface area contributed by atoms with E-state index < -0.39 is 5.60 Å². The van der Waals surface area contributed by atoms with Crippen LogP contribution in [0.3, 0.4) is 0 Å². The van der Waals surface area contributed by atoms with Gasteiger partial charge in [-0.25, -0.2) is 0 Å². The van der Waals surface area contributed by atoms with Crippen LogP contribution in [-0.4, -0.2) is 17.3 Å². The van der Waals surface area contributed by atoms with Crippen molar-refractivity contribution in [3.63, 3.8) is 0 Å². The Bertz CT molecular complexity index is 670. The van der Waals surface area contributed by atoms with E-state index in [0.29, 0.717) is 11.1 Å². The van der Waals surface area contributed by atoms with Crippen molar-refractivity contribution in [1.82, 2.24) is 0 Å². The van der Waals surface area contributed by atoms with E-state index in [1.807, 2.05) is 38.1 Å². The third-order valence-electron chi connectivity index (χ3n) is 4.58. The number of terminal acetylenes is 1. The molecule has 0 aliphatic carbocycles. The first-order valence-electron chi connectivity index (χ1n) is 9.17. The lowest BCUT2D eigenvalue weighted by Gasteiger charge is -2.24. The molecule has 138 valence electrons. The quantitative estimate of drug-likeness (QED) is 0.686. The number of hydrogen-bond donors (Lipinski definition) is 1. The monoisotopic (exact) mass is 352 g/mol. The van der Waals surface area contributed by atoms with Gasteiger partial charge in [0.15, 0.2) is 5.60 Å². The highest BCUT2D eigenvalue weighted by Gasteiger charge is 2.29. The van der Waals surface area contributed by atoms with E-state index in [2.05, 4.69) is 19.8 Å². The van der Waals surface area contributed by atoms with Crippen molar-refractivity contribution in [2.45, 2.75) is 58.3 Å². The maximum Gasteiger partial charge on any atom is 0.176 e. The van der Waals surface area contributed by atoms with E-state index in [4.69, 9.17) is 15.9 Å². The van der Waals surface area contributed by atoms with Gasteiger partial charge >= 0.3 is 0 Å². The summed E-state index contributed by atoms with van der Waals surface area (Å²) in [5, 5.41) is 11.1. The Morgan fingerprint density at radius 3 is 1.46 bits per heavy atom. The standard InChI is InChI=1S/C23H28O3/c1-6-17(4)25-21-13-9-19(10-14-21)23(24,8-3)20-11-15-22(16-12-20)26-18(5)7-2/h3,9-18,24H,6-7H2,1-2,4-5H3. The van der Waals surface area contributed by atoms with Crippen molar-refractivity contribution >= 4 is 0 Å². The van der Waals surface area contributed by atoms with E-state index in [1.165, 1.54) is 0 Å². The van der Waals surface area contributed by atoms with Crippen molar-refractivity contribution in [2.24, 2.45) is 0 Å². The number of benzene rings is 2. The van der Waals surface area contributed by atoms with E-state index in [-0.39, 0.29) is 12.2 Å². The number of aliphatic hydroxyl groups is 1. The average molecular weight is 352 g/mol. The molecule has 2 aromatic carbocycles. The van der Waals surface area contributed by atoms with E-state index >= 15 is 0 Å². The van der Waals surface area contributed by atoms with Crippen LogP contribution < -0.4 is 9.47 Å². The molecule has 0 radical (unpaired) electrons. The molecule has 0 fully saturated rings. The van der Waals surface area contributed by atoms with Gasteiger partial charge in [-0.3, -0.25) is 0 Å². The molecule has 0 amide bonds. The summed E-state index contributed by atoms with van der Waals surface area (Å²) in [5.74, 6) is 4.06. The highest BCUT2D eigenvalue weighted by atomic mass is 16.5. The molecule has 2 unspecified atom stereocenters. The lowest BCUT2D eigenvalue weighted by atomic mass is 9.87. The Hall–Kier alpha value is -2.44. The average Bonchev–Trinajstić information content (AvgIpc) is 2.68. The molecule has 0 aromatic heterocycles. The fraction of sp³-hybridized carbons (Fsp3) is 0.391. The van der Waals surface area contributed by atoms with Gasteiger partial charge in [0.05, 0.1) is 12.2 Å². The van der Waals surface area contributed by atoms with Crippen LogP contribution in [0.25, 0.3) is 0 Å². The first-order valence-corrected chi connectivity index (χ1v) is 9.17. The zero-order valence-electron chi connectivity index (χ0n) is 16.0. The first-order chi connectivity index (χ1) is 12.4. The van der Waals surface area contributed by atoms with Crippen LogP contribution in [0.1, 0.15) is 51.7 Å². The molecule has 0 aliphatic heterocycles. The molecule has 0 saturated carbocycles. The van der Waals surface area contributed by atoms with Crippen molar-refractivity contribution in [1.29, 1.82) is 0 Å². The van der Waals surface area contributed by atoms with Gasteiger partial charge in [0.25, 0.3) is 0 Å². The molecule has 26 heavy (non-hydrogen) atoms. The molecule has 2 rings (SSSR count). The molecule has 1 N–H and O–H groups in total. The Labute approximate surface area is 157 Å². The minimum atomic E-state index is -1.50. The van der Waals surface area contributed by atoms with Crippen LogP contribution in [0.15, 0.2) is 48.5 Å². The molecule has 0 aliphatic rings. The molecule has 0 saturated heterocycles. The molecule has 3 nitrogen and oxygen atoms in total. The van der Waals surface area contributed by atoms with Gasteiger partial charge in [-0.05, 0) is 51.0 Å². The summed E-state index contributed by atoms with van der Waals surface area (Å²) in [5.41, 5.74) is -0.233. The summed E-state index contributed by atoms with van der Waals surface area (Å²) < 4.78 is 11.6. The minimum absolute atomic E-state index is 0.144. The predicted octanol–water partition coefficient (Wildman–Crippen LogP) is 4.91. The zero-order valence-corrected chi connectivity index (χ0v) is 16.0. The molecule has 0 bridgehead atoms. The summed E-state index contributed by atoms with van der Waals surface area (Å²) in [4.78, 5) is 0. The van der Waals surface area contributed by atoms with Crippen molar-refractivity contribution in [3.05, 3.63) is 59.7 Å². The van der Waals surface area contributed by atoms with Crippen LogP contribution in [-0.2, 0) is 5.60 Å². The van der Waals surface area contributed by atoms with Gasteiger partial charge in [-0.1, -0.05) is 44.0 Å². The zero-order chi connectivity index (χ0) is 19.2. The first kappa shape index (κ1) is 19.9. The van der Waals surface area contributed by atoms with Gasteiger partial charge in [0, 0.05) is 11.1 Å². The largest absolute Gasteiger partial charge is 0.491 e. The Kier molecular flexibility index (Phi) is 6.71. The molecule has 3 heteroatoms. The Morgan fingerprint density at radius 2 is 1.19 bits per heavy atom. The SMILES string of the molecule is C#CC(O)(c1ccc(OC(C)CC)cc1)c1ccc(OC(C)CC)cc1. The molecule has 0 spiro atoms. The van der Waals surface area contributed by atoms with Crippen molar-refractivity contribution < 1.29 is 14.6 Å². The van der Waals surface area contributed by atoms with Crippen molar-refractivity contribution in [2.75, 3.05) is 0 Å². The molecule has 2 aromatic rings. The van der Waals surface area contributed by atoms with Gasteiger partial charge < -0.3 is 14.6 Å². The van der Waals surface area contributed by atoms with Crippen LogP contribution >= 0.6 is 0 Å². The van der Waals surface area contributed by atoms with Gasteiger partial charge in [-0.2, -0.15) is 0 Å². The number of ether oxygens (including phenoxy) is 2. The highest BCUT2D eigenvalue weighted by molar-refractivity contribution is 5.46. The molecular formula is C23H28O3. The Morgan fingerprint density at radius 1 is 0.846 bits per heavy atom.